The fourth-order valence-corrected chi connectivity index (χ4v) is 2.31. The summed E-state index contributed by atoms with van der Waals surface area (Å²) in [5, 5.41) is 4.13. The topological polar surface area (TPSA) is 21.3 Å². The van der Waals surface area contributed by atoms with Crippen LogP contribution in [0.4, 0.5) is 4.39 Å². The van der Waals surface area contributed by atoms with Gasteiger partial charge in [-0.25, -0.2) is 4.39 Å². The van der Waals surface area contributed by atoms with Crippen molar-refractivity contribution >= 4 is 23.2 Å². The Morgan fingerprint density at radius 1 is 1.10 bits per heavy atom. The van der Waals surface area contributed by atoms with Gasteiger partial charge in [0.2, 0.25) is 0 Å². The number of ether oxygens (including phenoxy) is 1. The molecule has 0 fully saturated rings. The summed E-state index contributed by atoms with van der Waals surface area (Å²) in [6.45, 7) is 3.58. The molecule has 5 heteroatoms. The molecule has 0 aliphatic carbocycles. The van der Waals surface area contributed by atoms with Gasteiger partial charge in [-0.3, -0.25) is 0 Å². The number of nitrogens with one attached hydrogen (secondary N) is 1. The Morgan fingerprint density at radius 3 is 2.62 bits per heavy atom. The van der Waals surface area contributed by atoms with E-state index >= 15 is 0 Å². The number of rotatable bonds is 6. The van der Waals surface area contributed by atoms with Gasteiger partial charge in [0.05, 0.1) is 5.02 Å². The van der Waals surface area contributed by atoms with Gasteiger partial charge in [-0.15, -0.1) is 0 Å². The molecule has 2 nitrogen and oxygen atoms in total. The van der Waals surface area contributed by atoms with Crippen molar-refractivity contribution in [3.05, 3.63) is 57.8 Å². The van der Waals surface area contributed by atoms with Crippen LogP contribution in [-0.4, -0.2) is 6.54 Å². The third-order valence-corrected chi connectivity index (χ3v) is 3.57. The van der Waals surface area contributed by atoms with Gasteiger partial charge in [0.1, 0.15) is 17.3 Å². The molecular formula is C16H16Cl2FNO. The SMILES string of the molecule is CCCNCc1c(Cl)cccc1Oc1ccc(F)cc1Cl. The van der Waals surface area contributed by atoms with Crippen molar-refractivity contribution in [1.29, 1.82) is 0 Å². The van der Waals surface area contributed by atoms with E-state index in [2.05, 4.69) is 12.2 Å². The van der Waals surface area contributed by atoms with Gasteiger partial charge in [-0.1, -0.05) is 36.2 Å². The Morgan fingerprint density at radius 2 is 1.90 bits per heavy atom. The Kier molecular flexibility index (Phi) is 5.85. The van der Waals surface area contributed by atoms with Gasteiger partial charge < -0.3 is 10.1 Å². The summed E-state index contributed by atoms with van der Waals surface area (Å²) in [4.78, 5) is 0. The zero-order valence-electron chi connectivity index (χ0n) is 11.6. The van der Waals surface area contributed by atoms with Gasteiger partial charge in [-0.2, -0.15) is 0 Å². The summed E-state index contributed by atoms with van der Waals surface area (Å²) in [5.74, 6) is 0.611. The van der Waals surface area contributed by atoms with E-state index in [1.165, 1.54) is 18.2 Å². The van der Waals surface area contributed by atoms with Gasteiger partial charge in [-0.05, 0) is 43.3 Å². The van der Waals surface area contributed by atoms with E-state index in [1.54, 1.807) is 6.07 Å². The Balaban J connectivity index is 2.24. The maximum absolute atomic E-state index is 13.1. The third kappa shape index (κ3) is 4.34. The summed E-state index contributed by atoms with van der Waals surface area (Å²) < 4.78 is 18.8. The smallest absolute Gasteiger partial charge is 0.146 e. The fraction of sp³-hybridized carbons (Fsp3) is 0.250. The molecule has 1 N–H and O–H groups in total. The largest absolute Gasteiger partial charge is 0.455 e. The Hall–Kier alpha value is -1.29. The number of benzene rings is 2. The normalized spacial score (nSPS) is 10.7. The molecule has 0 heterocycles. The molecule has 0 atom stereocenters. The van der Waals surface area contributed by atoms with Crippen molar-refractivity contribution in [3.8, 4) is 11.5 Å². The second-order valence-electron chi connectivity index (χ2n) is 4.57. The van der Waals surface area contributed by atoms with Crippen LogP contribution in [0.2, 0.25) is 10.0 Å². The highest BCUT2D eigenvalue weighted by molar-refractivity contribution is 6.32. The van der Waals surface area contributed by atoms with Gasteiger partial charge >= 0.3 is 0 Å². The molecule has 0 spiro atoms. The van der Waals surface area contributed by atoms with E-state index in [0.29, 0.717) is 23.1 Å². The molecule has 0 amide bonds. The van der Waals surface area contributed by atoms with Crippen LogP contribution in [0.3, 0.4) is 0 Å². The van der Waals surface area contributed by atoms with Crippen LogP contribution >= 0.6 is 23.2 Å². The molecule has 2 aromatic rings. The molecule has 0 unspecified atom stereocenters. The zero-order chi connectivity index (χ0) is 15.2. The predicted octanol–water partition coefficient (Wildman–Crippen LogP) is 5.42. The first-order chi connectivity index (χ1) is 10.1. The second kappa shape index (κ2) is 7.64. The van der Waals surface area contributed by atoms with E-state index in [0.717, 1.165) is 18.5 Å². The monoisotopic (exact) mass is 327 g/mol. The molecule has 0 aliphatic rings. The molecule has 2 aromatic carbocycles. The number of hydrogen-bond donors (Lipinski definition) is 1. The van der Waals surface area contributed by atoms with Gasteiger partial charge in [0.25, 0.3) is 0 Å². The quantitative estimate of drug-likeness (QED) is 0.715. The first kappa shape index (κ1) is 16.1. The summed E-state index contributed by atoms with van der Waals surface area (Å²) >= 11 is 12.2. The second-order valence-corrected chi connectivity index (χ2v) is 5.38. The van der Waals surface area contributed by atoms with E-state index in [1.807, 2.05) is 12.1 Å². The molecule has 0 aromatic heterocycles. The maximum atomic E-state index is 13.1. The highest BCUT2D eigenvalue weighted by Crippen LogP contribution is 2.34. The van der Waals surface area contributed by atoms with E-state index in [-0.39, 0.29) is 5.02 Å². The molecule has 0 saturated heterocycles. The van der Waals surface area contributed by atoms with E-state index < -0.39 is 5.82 Å². The molecule has 0 bridgehead atoms. The lowest BCUT2D eigenvalue weighted by Gasteiger charge is -2.14. The van der Waals surface area contributed by atoms with Crippen LogP contribution in [0.15, 0.2) is 36.4 Å². The molecule has 0 saturated carbocycles. The highest BCUT2D eigenvalue weighted by Gasteiger charge is 2.11. The van der Waals surface area contributed by atoms with Crippen LogP contribution in [0.1, 0.15) is 18.9 Å². The van der Waals surface area contributed by atoms with Crippen LogP contribution in [0, 0.1) is 5.82 Å². The van der Waals surface area contributed by atoms with Gasteiger partial charge in [0.15, 0.2) is 0 Å². The van der Waals surface area contributed by atoms with Crippen molar-refractivity contribution in [2.45, 2.75) is 19.9 Å². The summed E-state index contributed by atoms with van der Waals surface area (Å²) in [7, 11) is 0. The molecular weight excluding hydrogens is 312 g/mol. The molecule has 0 radical (unpaired) electrons. The first-order valence-electron chi connectivity index (χ1n) is 6.73. The van der Waals surface area contributed by atoms with Crippen molar-refractivity contribution in [2.75, 3.05) is 6.54 Å². The summed E-state index contributed by atoms with van der Waals surface area (Å²) in [5.41, 5.74) is 0.855. The first-order valence-corrected chi connectivity index (χ1v) is 7.48. The predicted molar refractivity (Wildman–Crippen MR) is 84.9 cm³/mol. The lowest BCUT2D eigenvalue weighted by molar-refractivity contribution is 0.471. The molecule has 112 valence electrons. The molecule has 0 aliphatic heterocycles. The van der Waals surface area contributed by atoms with Crippen molar-refractivity contribution in [3.63, 3.8) is 0 Å². The summed E-state index contributed by atoms with van der Waals surface area (Å²) in [6, 6.07) is 9.45. The lowest BCUT2D eigenvalue weighted by Crippen LogP contribution is -2.14. The average Bonchev–Trinajstić information content (AvgIpc) is 2.45. The Labute approximate surface area is 133 Å². The Bertz CT molecular complexity index is 619. The third-order valence-electron chi connectivity index (χ3n) is 2.92. The minimum absolute atomic E-state index is 0.224. The highest BCUT2D eigenvalue weighted by atomic mass is 35.5. The minimum atomic E-state index is -0.400. The van der Waals surface area contributed by atoms with Crippen LogP contribution in [0.5, 0.6) is 11.5 Å². The number of hydrogen-bond acceptors (Lipinski definition) is 2. The van der Waals surface area contributed by atoms with Crippen molar-refractivity contribution in [2.24, 2.45) is 0 Å². The van der Waals surface area contributed by atoms with Gasteiger partial charge in [0, 0.05) is 17.1 Å². The summed E-state index contributed by atoms with van der Waals surface area (Å²) in [6.07, 6.45) is 1.03. The van der Waals surface area contributed by atoms with Crippen molar-refractivity contribution < 1.29 is 9.13 Å². The minimum Gasteiger partial charge on any atom is -0.455 e. The number of halogens is 3. The fourth-order valence-electron chi connectivity index (χ4n) is 1.87. The zero-order valence-corrected chi connectivity index (χ0v) is 13.1. The molecule has 2 rings (SSSR count). The average molecular weight is 328 g/mol. The molecule has 21 heavy (non-hydrogen) atoms. The maximum Gasteiger partial charge on any atom is 0.146 e. The van der Waals surface area contributed by atoms with Crippen LogP contribution < -0.4 is 10.1 Å². The van der Waals surface area contributed by atoms with E-state index in [9.17, 15) is 4.39 Å². The van der Waals surface area contributed by atoms with Crippen LogP contribution in [-0.2, 0) is 6.54 Å². The lowest BCUT2D eigenvalue weighted by atomic mass is 10.2. The van der Waals surface area contributed by atoms with Crippen LogP contribution in [0.25, 0.3) is 0 Å². The standard InChI is InChI=1S/C16H16Cl2FNO/c1-2-8-20-10-12-13(17)4-3-5-15(12)21-16-7-6-11(19)9-14(16)18/h3-7,9,20H,2,8,10H2,1H3. The van der Waals surface area contributed by atoms with Crippen molar-refractivity contribution in [1.82, 2.24) is 5.32 Å². The van der Waals surface area contributed by atoms with E-state index in [4.69, 9.17) is 27.9 Å².